The van der Waals surface area contributed by atoms with Crippen molar-refractivity contribution >= 4 is 22.4 Å². The number of fused-ring (bicyclic) bond motifs is 1. The number of aryl methyl sites for hydroxylation is 1. The smallest absolute Gasteiger partial charge is 0.159 e. The zero-order valence-electron chi connectivity index (χ0n) is 11.3. The monoisotopic (exact) mass is 271 g/mol. The number of nitrogens with one attached hydrogen (secondary N) is 1. The van der Waals surface area contributed by atoms with Gasteiger partial charge in [-0.2, -0.15) is 5.10 Å². The summed E-state index contributed by atoms with van der Waals surface area (Å²) in [6.45, 7) is 3.76. The standard InChI is InChI=1S/C14H17N5O/c1-9-10-4-2-3-5-11(10)14(18-17-9)19-6-7-20-12(8-19)13(15)16/h2-5,12H,6-8H2,1H3,(H3,15,16). The van der Waals surface area contributed by atoms with Crippen molar-refractivity contribution in [2.24, 2.45) is 5.73 Å². The minimum absolute atomic E-state index is 0.0547. The van der Waals surface area contributed by atoms with Crippen LogP contribution in [0.1, 0.15) is 5.69 Å². The number of benzene rings is 1. The summed E-state index contributed by atoms with van der Waals surface area (Å²) in [5.74, 6) is 0.889. The molecule has 1 aliphatic heterocycles. The van der Waals surface area contributed by atoms with Gasteiger partial charge in [-0.25, -0.2) is 0 Å². The molecule has 2 heterocycles. The van der Waals surface area contributed by atoms with Crippen LogP contribution < -0.4 is 10.6 Å². The largest absolute Gasteiger partial charge is 0.385 e. The average Bonchev–Trinajstić information content (AvgIpc) is 2.48. The average molecular weight is 271 g/mol. The summed E-state index contributed by atoms with van der Waals surface area (Å²) in [5, 5.41) is 18.3. The van der Waals surface area contributed by atoms with Gasteiger partial charge < -0.3 is 15.4 Å². The van der Waals surface area contributed by atoms with Gasteiger partial charge in [0.25, 0.3) is 0 Å². The van der Waals surface area contributed by atoms with Crippen LogP contribution >= 0.6 is 0 Å². The Balaban J connectivity index is 2.02. The molecule has 1 aromatic carbocycles. The third kappa shape index (κ3) is 2.18. The SMILES string of the molecule is Cc1nnc(N2CCOC(C(=N)N)C2)c2ccccc12. The molecule has 1 aromatic heterocycles. The number of morpholine rings is 1. The van der Waals surface area contributed by atoms with Gasteiger partial charge in [-0.05, 0) is 6.92 Å². The van der Waals surface area contributed by atoms with Gasteiger partial charge in [-0.3, -0.25) is 5.41 Å². The van der Waals surface area contributed by atoms with E-state index >= 15 is 0 Å². The first-order valence-electron chi connectivity index (χ1n) is 6.59. The lowest BCUT2D eigenvalue weighted by Gasteiger charge is -2.33. The first kappa shape index (κ1) is 12.8. The molecule has 1 fully saturated rings. The number of ether oxygens (including phenoxy) is 1. The molecule has 0 amide bonds. The number of amidine groups is 1. The molecule has 0 saturated carbocycles. The Morgan fingerprint density at radius 2 is 2.10 bits per heavy atom. The second-order valence-corrected chi connectivity index (χ2v) is 4.92. The molecule has 0 bridgehead atoms. The molecule has 3 N–H and O–H groups in total. The molecular formula is C14H17N5O. The normalized spacial score (nSPS) is 19.2. The van der Waals surface area contributed by atoms with Crippen molar-refractivity contribution in [3.63, 3.8) is 0 Å². The third-order valence-electron chi connectivity index (χ3n) is 3.57. The first-order chi connectivity index (χ1) is 9.66. The molecule has 0 aliphatic carbocycles. The zero-order chi connectivity index (χ0) is 14.1. The number of rotatable bonds is 2. The highest BCUT2D eigenvalue weighted by Crippen LogP contribution is 2.26. The quantitative estimate of drug-likeness (QED) is 0.630. The van der Waals surface area contributed by atoms with Gasteiger partial charge >= 0.3 is 0 Å². The number of nitrogens with zero attached hydrogens (tertiary/aromatic N) is 3. The topological polar surface area (TPSA) is 88.1 Å². The molecule has 1 atom stereocenters. The molecule has 1 unspecified atom stereocenters. The van der Waals surface area contributed by atoms with Crippen LogP contribution in [0.4, 0.5) is 5.82 Å². The predicted octanol–water partition coefficient (Wildman–Crippen LogP) is 1.08. The molecule has 2 aromatic rings. The van der Waals surface area contributed by atoms with Gasteiger partial charge in [0, 0.05) is 17.3 Å². The molecule has 0 spiro atoms. The summed E-state index contributed by atoms with van der Waals surface area (Å²) in [7, 11) is 0. The lowest BCUT2D eigenvalue weighted by atomic mass is 10.1. The number of hydrogen-bond acceptors (Lipinski definition) is 5. The van der Waals surface area contributed by atoms with Crippen molar-refractivity contribution in [1.82, 2.24) is 10.2 Å². The highest BCUT2D eigenvalue weighted by Gasteiger charge is 2.25. The van der Waals surface area contributed by atoms with Crippen LogP contribution in [0.25, 0.3) is 10.8 Å². The van der Waals surface area contributed by atoms with Crippen LogP contribution in [-0.4, -0.2) is 41.8 Å². The van der Waals surface area contributed by atoms with Gasteiger partial charge in [0.1, 0.15) is 11.9 Å². The summed E-state index contributed by atoms with van der Waals surface area (Å²) in [5.41, 5.74) is 6.46. The Labute approximate surface area is 117 Å². The molecule has 1 aliphatic rings. The molecular weight excluding hydrogens is 254 g/mol. The number of hydrogen-bond donors (Lipinski definition) is 2. The van der Waals surface area contributed by atoms with Crippen LogP contribution in [0.15, 0.2) is 24.3 Å². The van der Waals surface area contributed by atoms with E-state index in [1.54, 1.807) is 0 Å². The van der Waals surface area contributed by atoms with E-state index in [-0.39, 0.29) is 11.9 Å². The zero-order valence-corrected chi connectivity index (χ0v) is 11.3. The van der Waals surface area contributed by atoms with Crippen molar-refractivity contribution in [1.29, 1.82) is 5.41 Å². The second kappa shape index (κ2) is 5.05. The summed E-state index contributed by atoms with van der Waals surface area (Å²) in [6, 6.07) is 8.09. The summed E-state index contributed by atoms with van der Waals surface area (Å²) >= 11 is 0. The van der Waals surface area contributed by atoms with E-state index in [1.165, 1.54) is 0 Å². The fourth-order valence-electron chi connectivity index (χ4n) is 2.49. The van der Waals surface area contributed by atoms with Crippen LogP contribution in [0.2, 0.25) is 0 Å². The number of anilines is 1. The Morgan fingerprint density at radius 3 is 2.85 bits per heavy atom. The van der Waals surface area contributed by atoms with Crippen molar-refractivity contribution in [2.45, 2.75) is 13.0 Å². The van der Waals surface area contributed by atoms with Crippen molar-refractivity contribution < 1.29 is 4.74 Å². The minimum atomic E-state index is -0.370. The molecule has 6 nitrogen and oxygen atoms in total. The maximum absolute atomic E-state index is 7.53. The van der Waals surface area contributed by atoms with E-state index < -0.39 is 0 Å². The molecule has 3 rings (SSSR count). The Hall–Kier alpha value is -2.21. The minimum Gasteiger partial charge on any atom is -0.385 e. The molecule has 0 radical (unpaired) electrons. The van der Waals surface area contributed by atoms with Gasteiger partial charge in [-0.15, -0.1) is 5.10 Å². The van der Waals surface area contributed by atoms with Gasteiger partial charge in [-0.1, -0.05) is 24.3 Å². The lowest BCUT2D eigenvalue weighted by Crippen LogP contribution is -2.48. The molecule has 6 heteroatoms. The van der Waals surface area contributed by atoms with Crippen molar-refractivity contribution in [3.05, 3.63) is 30.0 Å². The van der Waals surface area contributed by atoms with E-state index in [0.717, 1.165) is 28.8 Å². The molecule has 20 heavy (non-hydrogen) atoms. The Bertz CT molecular complexity index is 657. The predicted molar refractivity (Wildman–Crippen MR) is 78.1 cm³/mol. The van der Waals surface area contributed by atoms with Gasteiger partial charge in [0.15, 0.2) is 5.82 Å². The Kier molecular flexibility index (Phi) is 3.23. The highest BCUT2D eigenvalue weighted by atomic mass is 16.5. The van der Waals surface area contributed by atoms with Crippen LogP contribution in [0, 0.1) is 12.3 Å². The summed E-state index contributed by atoms with van der Waals surface area (Å²) < 4.78 is 5.49. The maximum Gasteiger partial charge on any atom is 0.159 e. The maximum atomic E-state index is 7.53. The van der Waals surface area contributed by atoms with Gasteiger partial charge in [0.2, 0.25) is 0 Å². The van der Waals surface area contributed by atoms with Crippen molar-refractivity contribution in [2.75, 3.05) is 24.6 Å². The summed E-state index contributed by atoms with van der Waals surface area (Å²) in [4.78, 5) is 2.09. The number of nitrogens with two attached hydrogens (primary N) is 1. The van der Waals surface area contributed by atoms with E-state index in [9.17, 15) is 0 Å². The first-order valence-corrected chi connectivity index (χ1v) is 6.59. The number of aromatic nitrogens is 2. The van der Waals surface area contributed by atoms with Crippen molar-refractivity contribution in [3.8, 4) is 0 Å². The second-order valence-electron chi connectivity index (χ2n) is 4.92. The molecule has 104 valence electrons. The summed E-state index contributed by atoms with van der Waals surface area (Å²) in [6.07, 6.45) is -0.370. The van der Waals surface area contributed by atoms with Crippen LogP contribution in [0.5, 0.6) is 0 Å². The van der Waals surface area contributed by atoms with Crippen LogP contribution in [0.3, 0.4) is 0 Å². The fourth-order valence-corrected chi connectivity index (χ4v) is 2.49. The van der Waals surface area contributed by atoms with Crippen LogP contribution in [-0.2, 0) is 4.74 Å². The van der Waals surface area contributed by atoms with E-state index in [4.69, 9.17) is 15.9 Å². The third-order valence-corrected chi connectivity index (χ3v) is 3.57. The Morgan fingerprint density at radius 1 is 1.35 bits per heavy atom. The lowest BCUT2D eigenvalue weighted by molar-refractivity contribution is 0.0824. The van der Waals surface area contributed by atoms with Gasteiger partial charge in [0.05, 0.1) is 18.8 Å². The van der Waals surface area contributed by atoms with E-state index in [1.807, 2.05) is 31.2 Å². The fraction of sp³-hybridized carbons (Fsp3) is 0.357. The highest BCUT2D eigenvalue weighted by molar-refractivity contribution is 5.93. The molecule has 1 saturated heterocycles. The van der Waals surface area contributed by atoms with E-state index in [2.05, 4.69) is 15.1 Å². The van der Waals surface area contributed by atoms with E-state index in [0.29, 0.717) is 13.2 Å².